The van der Waals surface area contributed by atoms with E-state index >= 15 is 0 Å². The maximum Gasteiger partial charge on any atom is 0.471 e. The number of hydrogen-bond acceptors (Lipinski definition) is 14. The largest absolute Gasteiger partial charge is 0.507 e. The van der Waals surface area contributed by atoms with Gasteiger partial charge in [0, 0.05) is 48.1 Å². The first-order chi connectivity index (χ1) is 26.9. The average Bonchev–Trinajstić information content (AvgIpc) is 3.12. The predicted molar refractivity (Wildman–Crippen MR) is 177 cm³/mol. The molecule has 1 aliphatic heterocycles. The molecule has 1 fully saturated rings. The van der Waals surface area contributed by atoms with Crippen molar-refractivity contribution < 1.29 is 80.4 Å². The summed E-state index contributed by atoms with van der Waals surface area (Å²) in [5, 5.41) is 47.6. The van der Waals surface area contributed by atoms with Gasteiger partial charge in [-0.15, -0.1) is 0 Å². The van der Waals surface area contributed by atoms with Crippen molar-refractivity contribution in [2.75, 3.05) is 7.04 Å². The van der Waals surface area contributed by atoms with Crippen molar-refractivity contribution in [2.45, 2.75) is 75.5 Å². The van der Waals surface area contributed by atoms with Crippen LogP contribution in [0.5, 0.6) is 17.2 Å². The lowest BCUT2D eigenvalue weighted by Gasteiger charge is -2.43. The number of nitro benzene ring substituents is 1. The van der Waals surface area contributed by atoms with Gasteiger partial charge in [-0.2, -0.15) is 13.2 Å². The van der Waals surface area contributed by atoms with Gasteiger partial charge in [-0.25, -0.2) is 4.79 Å². The van der Waals surface area contributed by atoms with Crippen molar-refractivity contribution in [2.24, 2.45) is 0 Å². The molecule has 2 aliphatic carbocycles. The van der Waals surface area contributed by atoms with Crippen LogP contribution in [0.4, 0.5) is 18.9 Å². The highest BCUT2D eigenvalue weighted by Crippen LogP contribution is 2.52. The molecule has 0 radical (unpaired) electrons. The molecule has 0 saturated carbocycles. The standard InChI is InChI=1S/C36H31F3N2O14/c1-14-32(55-33(47)16-7-9-17(10-8-16)41(50)51)20(40-34(48)36(37,38)39)11-23(53-14)54-22-13-35(49,15(2)42)12-19-25(22)31(46)27-26(29(19)44)28(43)18-5-4-6-21(52-3)24(18)30(27)45/h4-10,14,20,22-23,32,44,46,49H,11-13H2,1-3H3,(H,40,48)/t14-,20?,22-,23-,32+,35-/m0/s1/i3+1D3. The van der Waals surface area contributed by atoms with Crippen molar-refractivity contribution in [1.29, 1.82) is 0 Å². The van der Waals surface area contributed by atoms with Crippen LogP contribution >= 0.6 is 0 Å². The number of nitrogens with zero attached hydrogens (tertiary/aromatic N) is 1. The smallest absolute Gasteiger partial charge is 0.471 e. The molecule has 3 aliphatic rings. The second kappa shape index (κ2) is 14.1. The molecule has 1 unspecified atom stereocenters. The maximum atomic E-state index is 14.0. The number of fused-ring (bicyclic) bond motifs is 3. The van der Waals surface area contributed by atoms with Crippen LogP contribution in [0.25, 0.3) is 0 Å². The molecule has 0 spiro atoms. The van der Waals surface area contributed by atoms with Crippen LogP contribution in [-0.4, -0.2) is 92.8 Å². The second-order valence-electron chi connectivity index (χ2n) is 13.1. The number of carbonyl (C=O) groups excluding carboxylic acids is 5. The molecule has 4 N–H and O–H groups in total. The number of Topliss-reactive ketones (excluding diaryl/α,β-unsaturated/α-hetero) is 1. The van der Waals surface area contributed by atoms with Crippen LogP contribution in [0, 0.1) is 10.1 Å². The Morgan fingerprint density at radius 3 is 2.35 bits per heavy atom. The molecule has 0 aromatic heterocycles. The highest BCUT2D eigenvalue weighted by Gasteiger charge is 2.51. The van der Waals surface area contributed by atoms with E-state index in [1.807, 2.05) is 0 Å². The Morgan fingerprint density at radius 2 is 1.73 bits per heavy atom. The quantitative estimate of drug-likeness (QED) is 0.0659. The van der Waals surface area contributed by atoms with Gasteiger partial charge in [0.15, 0.2) is 17.9 Å². The van der Waals surface area contributed by atoms with Gasteiger partial charge in [0.25, 0.3) is 5.69 Å². The van der Waals surface area contributed by atoms with E-state index in [1.165, 1.54) is 13.0 Å². The zero-order valence-corrected chi connectivity index (χ0v) is 28.5. The third-order valence-electron chi connectivity index (χ3n) is 9.74. The minimum absolute atomic E-state index is 0.245. The van der Waals surface area contributed by atoms with E-state index in [-0.39, 0.29) is 11.3 Å². The summed E-state index contributed by atoms with van der Waals surface area (Å²) in [6.45, 7) is 2.22. The van der Waals surface area contributed by atoms with Gasteiger partial charge in [0.2, 0.25) is 5.78 Å². The number of nitrogens with one attached hydrogen (secondary N) is 1. The maximum absolute atomic E-state index is 14.0. The van der Waals surface area contributed by atoms with Crippen LogP contribution in [0.15, 0.2) is 42.5 Å². The second-order valence-corrected chi connectivity index (χ2v) is 13.1. The SMILES string of the molecule is [2H][13C]([2H])([2H])Oc1cccc2c1C(=O)c1c(O)c3c(c(O)c1C2=O)C[C@@](O)(C(C)=O)C[C@@H]3O[C@H]1CC(NC(=O)C(F)(F)F)[C@H](OC(=O)c2ccc([N+](=O)[O-])cc2)[C@H](C)O1. The number of aromatic hydroxyl groups is 2. The number of phenolic OH excluding ortho intramolecular Hbond substituents is 2. The van der Waals surface area contributed by atoms with Crippen molar-refractivity contribution in [1.82, 2.24) is 5.32 Å². The number of ether oxygens (including phenoxy) is 4. The van der Waals surface area contributed by atoms with Crippen LogP contribution in [0.1, 0.15) is 90.2 Å². The first-order valence-electron chi connectivity index (χ1n) is 17.8. The Morgan fingerprint density at radius 1 is 1.05 bits per heavy atom. The molecule has 3 aromatic rings. The highest BCUT2D eigenvalue weighted by atomic mass is 19.4. The Labute approximate surface area is 312 Å². The lowest BCUT2D eigenvalue weighted by molar-refractivity contribution is -0.384. The van der Waals surface area contributed by atoms with Crippen LogP contribution < -0.4 is 10.1 Å². The lowest BCUT2D eigenvalue weighted by atomic mass is 9.72. The zero-order valence-electron chi connectivity index (χ0n) is 31.5. The third kappa shape index (κ3) is 6.85. The van der Waals surface area contributed by atoms with Gasteiger partial charge in [-0.05, 0) is 32.0 Å². The molecular weight excluding hydrogens is 742 g/mol. The molecule has 6 rings (SSSR count). The van der Waals surface area contributed by atoms with E-state index in [9.17, 15) is 62.6 Å². The molecule has 55 heavy (non-hydrogen) atoms. The van der Waals surface area contributed by atoms with Crippen LogP contribution in [0.3, 0.4) is 0 Å². The summed E-state index contributed by atoms with van der Waals surface area (Å²) in [7, 11) is -3.09. The summed E-state index contributed by atoms with van der Waals surface area (Å²) in [5.74, 6) is -9.22. The number of aliphatic hydroxyl groups is 1. The topological polar surface area (TPSA) is 238 Å². The fraction of sp³-hybridized carbons (Fsp3) is 0.361. The Hall–Kier alpha value is -5.92. The fourth-order valence-corrected chi connectivity index (χ4v) is 7.01. The number of alkyl halides is 3. The third-order valence-corrected chi connectivity index (χ3v) is 9.74. The number of non-ortho nitro benzene ring substituents is 1. The van der Waals surface area contributed by atoms with Gasteiger partial charge in [-0.3, -0.25) is 29.3 Å². The van der Waals surface area contributed by atoms with E-state index in [0.717, 1.165) is 43.3 Å². The Balaban J connectivity index is 1.38. The summed E-state index contributed by atoms with van der Waals surface area (Å²) in [5.41, 5.74) is -6.40. The molecule has 3 aromatic carbocycles. The van der Waals surface area contributed by atoms with Gasteiger partial charge >= 0.3 is 18.1 Å². The summed E-state index contributed by atoms with van der Waals surface area (Å²) < 4.78 is 85.2. The molecule has 0 bridgehead atoms. The number of benzene rings is 3. The number of amides is 1. The number of nitro groups is 1. The van der Waals surface area contributed by atoms with Crippen molar-refractivity contribution in [3.63, 3.8) is 0 Å². The normalized spacial score (nSPS) is 25.6. The number of hydrogen-bond donors (Lipinski definition) is 4. The molecule has 19 heteroatoms. The zero-order chi connectivity index (χ0) is 42.8. The molecule has 1 amide bonds. The van der Waals surface area contributed by atoms with E-state index in [0.29, 0.717) is 0 Å². The van der Waals surface area contributed by atoms with Crippen molar-refractivity contribution in [3.8, 4) is 17.2 Å². The number of ketones is 3. The monoisotopic (exact) mass is 776 g/mol. The van der Waals surface area contributed by atoms with E-state index < -0.39 is 154 Å². The molecule has 1 heterocycles. The van der Waals surface area contributed by atoms with Gasteiger partial charge in [0.05, 0.1) is 56.6 Å². The highest BCUT2D eigenvalue weighted by molar-refractivity contribution is 6.31. The Kier molecular flexibility index (Phi) is 8.90. The first-order valence-corrected chi connectivity index (χ1v) is 16.3. The molecule has 16 nitrogen and oxygen atoms in total. The summed E-state index contributed by atoms with van der Waals surface area (Å²) >= 11 is 0. The van der Waals surface area contributed by atoms with E-state index in [4.69, 9.17) is 23.1 Å². The molecule has 290 valence electrons. The number of esters is 1. The minimum Gasteiger partial charge on any atom is -0.507 e. The lowest BCUT2D eigenvalue weighted by Crippen LogP contribution is -2.59. The molecule has 1 saturated heterocycles. The van der Waals surface area contributed by atoms with E-state index in [2.05, 4.69) is 0 Å². The number of rotatable bonds is 8. The number of phenols is 2. The average molecular weight is 777 g/mol. The first kappa shape index (κ1) is 34.8. The predicted octanol–water partition coefficient (Wildman–Crippen LogP) is 3.52. The number of carbonyl (C=O) groups is 5. The van der Waals surface area contributed by atoms with Gasteiger partial charge in [0.1, 0.15) is 29.0 Å². The number of halogens is 3. The van der Waals surface area contributed by atoms with Crippen LogP contribution in [-0.2, 0) is 30.2 Å². The van der Waals surface area contributed by atoms with Gasteiger partial charge in [-0.1, -0.05) is 12.1 Å². The van der Waals surface area contributed by atoms with Crippen molar-refractivity contribution in [3.05, 3.63) is 91.5 Å². The van der Waals surface area contributed by atoms with Crippen LogP contribution in [0.2, 0.25) is 0 Å². The number of methoxy groups -OCH3 is 1. The molecular formula is C36H31F3N2O14. The molecule has 6 atom stereocenters. The Bertz CT molecular complexity index is 2270. The summed E-state index contributed by atoms with van der Waals surface area (Å²) in [6.07, 6.45) is -14.1. The summed E-state index contributed by atoms with van der Waals surface area (Å²) in [4.78, 5) is 76.2. The summed E-state index contributed by atoms with van der Waals surface area (Å²) in [6, 6.07) is 5.72. The van der Waals surface area contributed by atoms with E-state index in [1.54, 1.807) is 5.32 Å². The minimum atomic E-state index is -5.43. The van der Waals surface area contributed by atoms with Gasteiger partial charge < -0.3 is 39.6 Å². The van der Waals surface area contributed by atoms with Crippen molar-refractivity contribution >= 4 is 34.9 Å². The fourth-order valence-electron chi connectivity index (χ4n) is 7.01.